The summed E-state index contributed by atoms with van der Waals surface area (Å²) in [6.45, 7) is 3.79. The molecule has 0 aliphatic carbocycles. The molecular weight excluding hydrogens is 230 g/mol. The van der Waals surface area contributed by atoms with Crippen LogP contribution in [0.4, 0.5) is 5.69 Å². The number of benzene rings is 1. The van der Waals surface area contributed by atoms with Crippen LogP contribution in [0.1, 0.15) is 11.1 Å². The standard InChI is InChI=1S/C14H21NO3/c1-10-6-12(5-4-11(10)9-16)15-7-13(17-2)14(8-15)18-3/h4-6,13-14,16H,7-9H2,1-3H3. The predicted molar refractivity (Wildman–Crippen MR) is 70.9 cm³/mol. The van der Waals surface area contributed by atoms with Gasteiger partial charge in [-0.15, -0.1) is 0 Å². The van der Waals surface area contributed by atoms with Gasteiger partial charge in [0.15, 0.2) is 0 Å². The molecule has 1 heterocycles. The van der Waals surface area contributed by atoms with Crippen LogP contribution < -0.4 is 4.90 Å². The van der Waals surface area contributed by atoms with Gasteiger partial charge >= 0.3 is 0 Å². The van der Waals surface area contributed by atoms with Crippen LogP contribution in [-0.2, 0) is 16.1 Å². The van der Waals surface area contributed by atoms with Crippen molar-refractivity contribution in [2.24, 2.45) is 0 Å². The molecule has 2 rings (SSSR count). The van der Waals surface area contributed by atoms with E-state index in [1.807, 2.05) is 19.1 Å². The monoisotopic (exact) mass is 251 g/mol. The van der Waals surface area contributed by atoms with Crippen molar-refractivity contribution >= 4 is 5.69 Å². The van der Waals surface area contributed by atoms with Crippen LogP contribution in [0.2, 0.25) is 0 Å². The Morgan fingerprint density at radius 3 is 2.28 bits per heavy atom. The van der Waals surface area contributed by atoms with Crippen LogP contribution in [-0.4, -0.2) is 44.6 Å². The van der Waals surface area contributed by atoms with Crippen molar-refractivity contribution in [3.8, 4) is 0 Å². The van der Waals surface area contributed by atoms with Crippen LogP contribution in [0.25, 0.3) is 0 Å². The average Bonchev–Trinajstić information content (AvgIpc) is 2.81. The van der Waals surface area contributed by atoms with Crippen molar-refractivity contribution < 1.29 is 14.6 Å². The molecule has 2 unspecified atom stereocenters. The molecule has 0 saturated carbocycles. The van der Waals surface area contributed by atoms with Gasteiger partial charge in [-0.3, -0.25) is 0 Å². The Morgan fingerprint density at radius 2 is 1.83 bits per heavy atom. The molecule has 0 radical (unpaired) electrons. The van der Waals surface area contributed by atoms with E-state index in [-0.39, 0.29) is 18.8 Å². The first-order valence-corrected chi connectivity index (χ1v) is 6.20. The fraction of sp³-hybridized carbons (Fsp3) is 0.571. The van der Waals surface area contributed by atoms with Crippen molar-refractivity contribution in [1.82, 2.24) is 0 Å². The van der Waals surface area contributed by atoms with Crippen molar-refractivity contribution in [3.05, 3.63) is 29.3 Å². The number of nitrogens with zero attached hydrogens (tertiary/aromatic N) is 1. The summed E-state index contributed by atoms with van der Waals surface area (Å²) in [4.78, 5) is 2.26. The maximum Gasteiger partial charge on any atom is 0.102 e. The van der Waals surface area contributed by atoms with Crippen LogP contribution in [0.15, 0.2) is 18.2 Å². The first-order valence-electron chi connectivity index (χ1n) is 6.20. The summed E-state index contributed by atoms with van der Waals surface area (Å²) in [5.41, 5.74) is 3.25. The third kappa shape index (κ3) is 2.51. The van der Waals surface area contributed by atoms with E-state index in [1.54, 1.807) is 14.2 Å². The molecule has 1 aliphatic rings. The number of aliphatic hydroxyl groups is 1. The fourth-order valence-electron chi connectivity index (χ4n) is 2.46. The minimum atomic E-state index is 0.0908. The number of hydrogen-bond acceptors (Lipinski definition) is 4. The van der Waals surface area contributed by atoms with E-state index in [0.29, 0.717) is 0 Å². The molecule has 1 aromatic carbocycles. The quantitative estimate of drug-likeness (QED) is 0.877. The normalized spacial score (nSPS) is 23.7. The maximum atomic E-state index is 9.18. The van der Waals surface area contributed by atoms with Crippen LogP contribution in [0, 0.1) is 6.92 Å². The Hall–Kier alpha value is -1.10. The summed E-state index contributed by atoms with van der Waals surface area (Å²) in [6.07, 6.45) is 0.237. The number of aryl methyl sites for hydroxylation is 1. The first kappa shape index (κ1) is 13.3. The summed E-state index contributed by atoms with van der Waals surface area (Å²) >= 11 is 0. The van der Waals surface area contributed by atoms with Gasteiger partial charge in [-0.25, -0.2) is 0 Å². The molecule has 4 nitrogen and oxygen atoms in total. The minimum absolute atomic E-state index is 0.0908. The molecule has 1 saturated heterocycles. The van der Waals surface area contributed by atoms with Gasteiger partial charge in [0.1, 0.15) is 12.2 Å². The van der Waals surface area contributed by atoms with Crippen LogP contribution >= 0.6 is 0 Å². The number of anilines is 1. The van der Waals surface area contributed by atoms with Crippen LogP contribution in [0.3, 0.4) is 0 Å². The Morgan fingerprint density at radius 1 is 1.22 bits per heavy atom. The highest BCUT2D eigenvalue weighted by Crippen LogP contribution is 2.25. The summed E-state index contributed by atoms with van der Waals surface area (Å²) in [5.74, 6) is 0. The average molecular weight is 251 g/mol. The van der Waals surface area contributed by atoms with E-state index in [2.05, 4.69) is 11.0 Å². The molecule has 0 amide bonds. The SMILES string of the molecule is COC1CN(c2ccc(CO)c(C)c2)CC1OC. The third-order valence-electron chi connectivity index (χ3n) is 3.68. The molecule has 0 spiro atoms. The number of aliphatic hydroxyl groups excluding tert-OH is 1. The smallest absolute Gasteiger partial charge is 0.102 e. The third-order valence-corrected chi connectivity index (χ3v) is 3.68. The number of ether oxygens (including phenoxy) is 2. The summed E-state index contributed by atoms with van der Waals surface area (Å²) in [7, 11) is 3.45. The van der Waals surface area contributed by atoms with Crippen molar-refractivity contribution in [2.45, 2.75) is 25.7 Å². The molecule has 1 aromatic rings. The fourth-order valence-corrected chi connectivity index (χ4v) is 2.46. The van der Waals surface area contributed by atoms with Gasteiger partial charge in [0.05, 0.1) is 6.61 Å². The molecule has 18 heavy (non-hydrogen) atoms. The summed E-state index contributed by atoms with van der Waals surface area (Å²) < 4.78 is 10.9. The Kier molecular flexibility index (Phi) is 4.22. The first-order chi connectivity index (χ1) is 8.69. The molecule has 2 atom stereocenters. The topological polar surface area (TPSA) is 41.9 Å². The lowest BCUT2D eigenvalue weighted by molar-refractivity contribution is -0.00461. The molecule has 0 bridgehead atoms. The van der Waals surface area contributed by atoms with Crippen molar-refractivity contribution in [1.29, 1.82) is 0 Å². The van der Waals surface area contributed by atoms with Crippen LogP contribution in [0.5, 0.6) is 0 Å². The largest absolute Gasteiger partial charge is 0.392 e. The van der Waals surface area contributed by atoms with Crippen molar-refractivity contribution in [2.75, 3.05) is 32.2 Å². The molecular formula is C14H21NO3. The zero-order valence-electron chi connectivity index (χ0n) is 11.2. The van der Waals surface area contributed by atoms with Gasteiger partial charge in [0.2, 0.25) is 0 Å². The molecule has 4 heteroatoms. The van der Waals surface area contributed by atoms with E-state index in [4.69, 9.17) is 9.47 Å². The van der Waals surface area contributed by atoms with E-state index < -0.39 is 0 Å². The molecule has 1 aliphatic heterocycles. The lowest BCUT2D eigenvalue weighted by Crippen LogP contribution is -2.27. The van der Waals surface area contributed by atoms with E-state index in [9.17, 15) is 5.11 Å². The predicted octanol–water partition coefficient (Wildman–Crippen LogP) is 1.34. The lowest BCUT2D eigenvalue weighted by atomic mass is 10.1. The zero-order valence-corrected chi connectivity index (χ0v) is 11.2. The van der Waals surface area contributed by atoms with Gasteiger partial charge in [-0.1, -0.05) is 6.07 Å². The highest BCUT2D eigenvalue weighted by atomic mass is 16.5. The van der Waals surface area contributed by atoms with Gasteiger partial charge in [-0.05, 0) is 30.2 Å². The Labute approximate surface area is 108 Å². The molecule has 0 aromatic heterocycles. The Balaban J connectivity index is 2.15. The maximum absolute atomic E-state index is 9.18. The molecule has 100 valence electrons. The van der Waals surface area contributed by atoms with Gasteiger partial charge in [0.25, 0.3) is 0 Å². The lowest BCUT2D eigenvalue weighted by Gasteiger charge is -2.19. The van der Waals surface area contributed by atoms with E-state index >= 15 is 0 Å². The minimum Gasteiger partial charge on any atom is -0.392 e. The number of hydrogen-bond donors (Lipinski definition) is 1. The molecule has 1 fully saturated rings. The van der Waals surface area contributed by atoms with Gasteiger partial charge < -0.3 is 19.5 Å². The van der Waals surface area contributed by atoms with E-state index in [1.165, 1.54) is 0 Å². The van der Waals surface area contributed by atoms with Gasteiger partial charge in [-0.2, -0.15) is 0 Å². The second kappa shape index (κ2) is 5.69. The summed E-state index contributed by atoms with van der Waals surface area (Å²) in [5, 5.41) is 9.18. The highest BCUT2D eigenvalue weighted by Gasteiger charge is 2.33. The molecule has 1 N–H and O–H groups in total. The number of methoxy groups -OCH3 is 2. The second-order valence-electron chi connectivity index (χ2n) is 4.72. The highest BCUT2D eigenvalue weighted by molar-refractivity contribution is 5.52. The van der Waals surface area contributed by atoms with E-state index in [0.717, 1.165) is 29.9 Å². The van der Waals surface area contributed by atoms with Gasteiger partial charge in [0, 0.05) is 33.0 Å². The second-order valence-corrected chi connectivity index (χ2v) is 4.72. The number of rotatable bonds is 4. The summed E-state index contributed by atoms with van der Waals surface area (Å²) in [6, 6.07) is 6.13. The Bertz CT molecular complexity index is 396. The van der Waals surface area contributed by atoms with Crippen molar-refractivity contribution in [3.63, 3.8) is 0 Å². The zero-order chi connectivity index (χ0) is 13.1.